The summed E-state index contributed by atoms with van der Waals surface area (Å²) in [5.41, 5.74) is 1.26. The first kappa shape index (κ1) is 16.5. The van der Waals surface area contributed by atoms with Crippen LogP contribution in [0.1, 0.15) is 52.0 Å². The van der Waals surface area contributed by atoms with Gasteiger partial charge in [0, 0.05) is 18.7 Å². The van der Waals surface area contributed by atoms with Gasteiger partial charge in [0.25, 0.3) is 0 Å². The van der Waals surface area contributed by atoms with E-state index in [-0.39, 0.29) is 0 Å². The van der Waals surface area contributed by atoms with Gasteiger partial charge in [0.05, 0.1) is 4.47 Å². The molecule has 19 heavy (non-hydrogen) atoms. The van der Waals surface area contributed by atoms with Gasteiger partial charge in [0.1, 0.15) is 5.75 Å². The molecule has 3 heteroatoms. The van der Waals surface area contributed by atoms with Crippen LogP contribution in [0.3, 0.4) is 0 Å². The van der Waals surface area contributed by atoms with Gasteiger partial charge in [-0.3, -0.25) is 0 Å². The minimum atomic E-state index is 0.316. The summed E-state index contributed by atoms with van der Waals surface area (Å²) >= 11 is 3.34. The summed E-state index contributed by atoms with van der Waals surface area (Å²) in [4.78, 5) is 0. The maximum Gasteiger partial charge on any atom is 0.134 e. The monoisotopic (exact) mass is 327 g/mol. The number of halogens is 1. The minimum absolute atomic E-state index is 0.316. The Morgan fingerprint density at radius 1 is 1.26 bits per heavy atom. The normalized spacial score (nSPS) is 11.8. The molecule has 0 radical (unpaired) electrons. The lowest BCUT2D eigenvalue weighted by Crippen LogP contribution is -2.29. The van der Waals surface area contributed by atoms with Crippen LogP contribution in [0.4, 0.5) is 0 Å². The fraction of sp³-hybridized carbons (Fsp3) is 0.625. The van der Waals surface area contributed by atoms with Gasteiger partial charge in [-0.25, -0.2) is 0 Å². The lowest BCUT2D eigenvalue weighted by atomic mass is 9.87. The number of hydrogen-bond donors (Lipinski definition) is 2. The van der Waals surface area contributed by atoms with Crippen LogP contribution in [0.2, 0.25) is 0 Å². The van der Waals surface area contributed by atoms with Crippen LogP contribution in [0.25, 0.3) is 0 Å². The number of hydrogen-bond acceptors (Lipinski definition) is 2. The van der Waals surface area contributed by atoms with Crippen LogP contribution in [0.15, 0.2) is 22.7 Å². The van der Waals surface area contributed by atoms with Gasteiger partial charge in [-0.2, -0.15) is 0 Å². The van der Waals surface area contributed by atoms with Crippen LogP contribution >= 0.6 is 15.9 Å². The number of phenolic OH excluding ortho intramolecular Hbond substituents is 1. The van der Waals surface area contributed by atoms with E-state index < -0.39 is 0 Å². The van der Waals surface area contributed by atoms with Crippen molar-refractivity contribution in [3.63, 3.8) is 0 Å². The Kier molecular flexibility index (Phi) is 6.87. The second-order valence-electron chi connectivity index (χ2n) is 5.97. The van der Waals surface area contributed by atoms with Crippen LogP contribution in [-0.2, 0) is 6.54 Å². The average Bonchev–Trinajstić information content (AvgIpc) is 2.34. The highest BCUT2D eigenvalue weighted by molar-refractivity contribution is 9.10. The Morgan fingerprint density at radius 3 is 2.68 bits per heavy atom. The first-order chi connectivity index (χ1) is 8.96. The highest BCUT2D eigenvalue weighted by Gasteiger charge is 2.16. The lowest BCUT2D eigenvalue weighted by Gasteiger charge is -2.25. The third-order valence-corrected chi connectivity index (χ3v) is 4.09. The van der Waals surface area contributed by atoms with Crippen molar-refractivity contribution in [3.8, 4) is 5.75 Å². The number of rotatable bonds is 8. The predicted molar refractivity (Wildman–Crippen MR) is 85.4 cm³/mol. The maximum absolute atomic E-state index is 9.91. The molecule has 0 unspecified atom stereocenters. The molecule has 108 valence electrons. The topological polar surface area (TPSA) is 32.3 Å². The van der Waals surface area contributed by atoms with E-state index in [1.54, 1.807) is 0 Å². The smallest absolute Gasteiger partial charge is 0.134 e. The van der Waals surface area contributed by atoms with E-state index in [1.807, 2.05) is 18.2 Å². The number of benzene rings is 1. The molecule has 1 aromatic carbocycles. The number of nitrogens with one attached hydrogen (secondary N) is 1. The molecule has 0 heterocycles. The van der Waals surface area contributed by atoms with Gasteiger partial charge in [0.15, 0.2) is 0 Å². The number of phenols is 1. The van der Waals surface area contributed by atoms with Crippen molar-refractivity contribution < 1.29 is 5.11 Å². The summed E-state index contributed by atoms with van der Waals surface area (Å²) in [5.74, 6) is 0.346. The summed E-state index contributed by atoms with van der Waals surface area (Å²) in [6, 6.07) is 5.76. The molecular weight excluding hydrogens is 302 g/mol. The van der Waals surface area contributed by atoms with Gasteiger partial charge < -0.3 is 10.4 Å². The first-order valence-electron chi connectivity index (χ1n) is 7.13. The standard InChI is InChI=1S/C16H26BrNO/c1-4-5-6-10-16(2,3)12-18-11-13-8-7-9-14(17)15(13)19/h7-9,18-19H,4-6,10-12H2,1-3H3. The SMILES string of the molecule is CCCCCC(C)(C)CNCc1cccc(Br)c1O. The fourth-order valence-corrected chi connectivity index (χ4v) is 2.59. The minimum Gasteiger partial charge on any atom is -0.506 e. The molecule has 1 rings (SSSR count). The molecule has 0 aliphatic heterocycles. The van der Waals surface area contributed by atoms with Crippen molar-refractivity contribution in [1.82, 2.24) is 5.32 Å². The van der Waals surface area contributed by atoms with Crippen LogP contribution in [0, 0.1) is 5.41 Å². The molecular formula is C16H26BrNO. The van der Waals surface area contributed by atoms with Crippen LogP contribution in [-0.4, -0.2) is 11.7 Å². The zero-order valence-corrected chi connectivity index (χ0v) is 13.9. The Balaban J connectivity index is 2.38. The van der Waals surface area contributed by atoms with Crippen LogP contribution < -0.4 is 5.32 Å². The van der Waals surface area contributed by atoms with Crippen molar-refractivity contribution in [2.75, 3.05) is 6.54 Å². The fourth-order valence-electron chi connectivity index (χ4n) is 2.18. The Labute approximate surface area is 125 Å². The molecule has 0 spiro atoms. The molecule has 2 nitrogen and oxygen atoms in total. The summed E-state index contributed by atoms with van der Waals surface area (Å²) in [6.45, 7) is 8.53. The summed E-state index contributed by atoms with van der Waals surface area (Å²) in [6.07, 6.45) is 5.14. The molecule has 0 amide bonds. The van der Waals surface area contributed by atoms with Crippen molar-refractivity contribution in [3.05, 3.63) is 28.2 Å². The molecule has 0 atom stereocenters. The maximum atomic E-state index is 9.91. The quantitative estimate of drug-likeness (QED) is 0.669. The number of unbranched alkanes of at least 4 members (excludes halogenated alkanes) is 2. The van der Waals surface area contributed by atoms with E-state index in [2.05, 4.69) is 42.0 Å². The summed E-state index contributed by atoms with van der Waals surface area (Å²) < 4.78 is 0.758. The average molecular weight is 328 g/mol. The van der Waals surface area contributed by atoms with E-state index >= 15 is 0 Å². The van der Waals surface area contributed by atoms with Gasteiger partial charge >= 0.3 is 0 Å². The van der Waals surface area contributed by atoms with E-state index in [0.717, 1.165) is 16.6 Å². The van der Waals surface area contributed by atoms with Crippen molar-refractivity contribution in [1.29, 1.82) is 0 Å². The number of aromatic hydroxyl groups is 1. The van der Waals surface area contributed by atoms with Crippen molar-refractivity contribution in [2.24, 2.45) is 5.41 Å². The van der Waals surface area contributed by atoms with Crippen molar-refractivity contribution in [2.45, 2.75) is 53.0 Å². The Bertz CT molecular complexity index is 390. The molecule has 0 aromatic heterocycles. The van der Waals surface area contributed by atoms with Gasteiger partial charge in [-0.15, -0.1) is 0 Å². The molecule has 0 saturated heterocycles. The molecule has 1 aromatic rings. The summed E-state index contributed by atoms with van der Waals surface area (Å²) in [5, 5.41) is 13.4. The van der Waals surface area contributed by atoms with Gasteiger partial charge in [-0.1, -0.05) is 52.2 Å². The van der Waals surface area contributed by atoms with Gasteiger partial charge in [0.2, 0.25) is 0 Å². The largest absolute Gasteiger partial charge is 0.506 e. The zero-order valence-electron chi connectivity index (χ0n) is 12.3. The van der Waals surface area contributed by atoms with Crippen molar-refractivity contribution >= 4 is 15.9 Å². The van der Waals surface area contributed by atoms with E-state index in [1.165, 1.54) is 25.7 Å². The second-order valence-corrected chi connectivity index (χ2v) is 6.83. The molecule has 0 bridgehead atoms. The van der Waals surface area contributed by atoms with E-state index in [0.29, 0.717) is 17.7 Å². The van der Waals surface area contributed by atoms with Crippen LogP contribution in [0.5, 0.6) is 5.75 Å². The van der Waals surface area contributed by atoms with E-state index in [4.69, 9.17) is 0 Å². The second kappa shape index (κ2) is 7.91. The summed E-state index contributed by atoms with van der Waals surface area (Å²) in [7, 11) is 0. The predicted octanol–water partition coefficient (Wildman–Crippen LogP) is 4.85. The molecule has 0 aliphatic rings. The molecule has 2 N–H and O–H groups in total. The third kappa shape index (κ3) is 5.96. The highest BCUT2D eigenvalue weighted by atomic mass is 79.9. The number of para-hydroxylation sites is 1. The molecule has 0 fully saturated rings. The van der Waals surface area contributed by atoms with E-state index in [9.17, 15) is 5.11 Å². The molecule has 0 saturated carbocycles. The van der Waals surface area contributed by atoms with Gasteiger partial charge in [-0.05, 0) is 33.8 Å². The Morgan fingerprint density at radius 2 is 2.00 bits per heavy atom. The third-order valence-electron chi connectivity index (χ3n) is 3.45. The molecule has 0 aliphatic carbocycles. The lowest BCUT2D eigenvalue weighted by molar-refractivity contribution is 0.301. The highest BCUT2D eigenvalue weighted by Crippen LogP contribution is 2.28. The first-order valence-corrected chi connectivity index (χ1v) is 7.92. The zero-order chi connectivity index (χ0) is 14.3. The Hall–Kier alpha value is -0.540.